The molecule has 1 aromatic carbocycles. The third kappa shape index (κ3) is 4.08. The van der Waals surface area contributed by atoms with Crippen molar-refractivity contribution in [1.82, 2.24) is 40.1 Å². The van der Waals surface area contributed by atoms with Gasteiger partial charge in [0.2, 0.25) is 23.5 Å². The zero-order chi connectivity index (χ0) is 22.8. The summed E-state index contributed by atoms with van der Waals surface area (Å²) in [5, 5.41) is 20.9. The van der Waals surface area contributed by atoms with Crippen molar-refractivity contribution in [3.05, 3.63) is 65.2 Å². The number of nitrogens with zero attached hydrogens (tertiary/aromatic N) is 8. The molecule has 0 saturated carbocycles. The zero-order valence-electron chi connectivity index (χ0n) is 17.4. The molecule has 11 nitrogen and oxygen atoms in total. The van der Waals surface area contributed by atoms with Gasteiger partial charge >= 0.3 is 0 Å². The van der Waals surface area contributed by atoms with Gasteiger partial charge in [-0.1, -0.05) is 28.9 Å². The molecule has 5 aromatic rings. The first-order valence-electron chi connectivity index (χ1n) is 9.65. The first-order chi connectivity index (χ1) is 16.1. The van der Waals surface area contributed by atoms with E-state index in [-0.39, 0.29) is 11.8 Å². The van der Waals surface area contributed by atoms with Crippen LogP contribution in [-0.2, 0) is 0 Å². The summed E-state index contributed by atoms with van der Waals surface area (Å²) in [5.74, 6) is 2.51. The quantitative estimate of drug-likeness (QED) is 0.366. The van der Waals surface area contributed by atoms with Crippen molar-refractivity contribution in [2.24, 2.45) is 0 Å². The van der Waals surface area contributed by atoms with Gasteiger partial charge in [-0.15, -0.1) is 20.4 Å². The van der Waals surface area contributed by atoms with Gasteiger partial charge in [0.25, 0.3) is 5.89 Å². The Kier molecular flexibility index (Phi) is 5.37. The number of hydrogen-bond donors (Lipinski definition) is 0. The fraction of sp³-hybridized carbons (Fsp3) is 0.0952. The van der Waals surface area contributed by atoms with Crippen LogP contribution in [-0.4, -0.2) is 47.2 Å². The molecule has 0 atom stereocenters. The van der Waals surface area contributed by atoms with Crippen LogP contribution >= 0.6 is 11.6 Å². The summed E-state index contributed by atoms with van der Waals surface area (Å²) in [7, 11) is 1.53. The van der Waals surface area contributed by atoms with Crippen LogP contribution in [0.25, 0.3) is 41.0 Å². The highest BCUT2D eigenvalue weighted by molar-refractivity contribution is 6.32. The molecule has 0 aliphatic rings. The molecule has 0 aliphatic carbocycles. The minimum absolute atomic E-state index is 0.214. The second-order valence-electron chi connectivity index (χ2n) is 6.68. The normalized spacial score (nSPS) is 11.4. The van der Waals surface area contributed by atoms with Crippen LogP contribution in [0.1, 0.15) is 17.5 Å². The van der Waals surface area contributed by atoms with Crippen LogP contribution in [0.3, 0.4) is 0 Å². The van der Waals surface area contributed by atoms with Crippen LogP contribution in [0.4, 0.5) is 0 Å². The number of methoxy groups -OCH3 is 1. The molecule has 4 aromatic heterocycles. The van der Waals surface area contributed by atoms with Gasteiger partial charge in [0, 0.05) is 23.9 Å². The van der Waals surface area contributed by atoms with E-state index < -0.39 is 0 Å². The van der Waals surface area contributed by atoms with Gasteiger partial charge in [0.1, 0.15) is 0 Å². The molecule has 0 unspecified atom stereocenters. The van der Waals surface area contributed by atoms with Crippen LogP contribution in [0, 0.1) is 6.92 Å². The van der Waals surface area contributed by atoms with Crippen LogP contribution in [0.2, 0.25) is 5.02 Å². The highest BCUT2D eigenvalue weighted by Gasteiger charge is 2.20. The molecule has 0 N–H and O–H groups in total. The van der Waals surface area contributed by atoms with Crippen molar-refractivity contribution in [1.29, 1.82) is 0 Å². The van der Waals surface area contributed by atoms with Gasteiger partial charge in [0.05, 0.1) is 17.8 Å². The lowest BCUT2D eigenvalue weighted by Gasteiger charge is -2.08. The highest BCUT2D eigenvalue weighted by Crippen LogP contribution is 2.28. The maximum atomic E-state index is 6.44. The second kappa shape index (κ2) is 8.63. The number of aromatic nitrogens is 8. The summed E-state index contributed by atoms with van der Waals surface area (Å²) in [4.78, 5) is 8.32. The third-order valence-corrected chi connectivity index (χ3v) is 4.83. The topological polar surface area (TPSA) is 131 Å². The Bertz CT molecular complexity index is 1460. The fourth-order valence-corrected chi connectivity index (χ4v) is 3.24. The van der Waals surface area contributed by atoms with Gasteiger partial charge in [-0.05, 0) is 31.2 Å². The van der Waals surface area contributed by atoms with Crippen molar-refractivity contribution >= 4 is 23.8 Å². The average molecular weight is 463 g/mol. The molecular weight excluding hydrogens is 448 g/mol. The van der Waals surface area contributed by atoms with E-state index in [1.807, 2.05) is 18.2 Å². The van der Waals surface area contributed by atoms with Crippen molar-refractivity contribution in [2.45, 2.75) is 6.92 Å². The average Bonchev–Trinajstić information content (AvgIpc) is 3.57. The summed E-state index contributed by atoms with van der Waals surface area (Å²) in [6.07, 6.45) is 4.89. The Morgan fingerprint density at radius 3 is 2.70 bits per heavy atom. The molecule has 0 radical (unpaired) electrons. The molecule has 0 spiro atoms. The van der Waals surface area contributed by atoms with Crippen LogP contribution in [0.5, 0.6) is 5.88 Å². The summed E-state index contributed by atoms with van der Waals surface area (Å²) in [6.45, 7) is 1.72. The van der Waals surface area contributed by atoms with E-state index >= 15 is 0 Å². The number of rotatable bonds is 6. The number of para-hydroxylation sites is 1. The van der Waals surface area contributed by atoms with E-state index in [4.69, 9.17) is 25.3 Å². The standard InChI is InChI=1S/C21H15ClN8O3/c1-12-24-21(33-29-12)19-27-25-16(30(19)15-6-4-3-5-14(15)22)7-8-17-26-28-20(32-17)13-9-10-23-18(11-13)31-2/h3-11H,1-2H3/b8-7+. The third-order valence-electron chi connectivity index (χ3n) is 4.51. The molecule has 0 bridgehead atoms. The Labute approximate surface area is 191 Å². The Balaban J connectivity index is 1.52. The highest BCUT2D eigenvalue weighted by atomic mass is 35.5. The minimum atomic E-state index is 0.214. The molecule has 33 heavy (non-hydrogen) atoms. The zero-order valence-corrected chi connectivity index (χ0v) is 18.1. The van der Waals surface area contributed by atoms with Crippen molar-refractivity contribution in [3.63, 3.8) is 0 Å². The number of halogens is 1. The summed E-state index contributed by atoms with van der Waals surface area (Å²) in [6, 6.07) is 10.7. The Hall–Kier alpha value is -4.38. The van der Waals surface area contributed by atoms with Gasteiger partial charge < -0.3 is 13.7 Å². The largest absolute Gasteiger partial charge is 0.481 e. The summed E-state index contributed by atoms with van der Waals surface area (Å²) >= 11 is 6.44. The Morgan fingerprint density at radius 2 is 1.91 bits per heavy atom. The molecule has 4 heterocycles. The number of hydrogen-bond acceptors (Lipinski definition) is 10. The van der Waals surface area contributed by atoms with Gasteiger partial charge in [-0.2, -0.15) is 4.98 Å². The van der Waals surface area contributed by atoms with Gasteiger partial charge in [-0.3, -0.25) is 4.57 Å². The fourth-order valence-electron chi connectivity index (χ4n) is 3.02. The lowest BCUT2D eigenvalue weighted by Crippen LogP contribution is -2.01. The molecular formula is C21H15ClN8O3. The number of pyridine rings is 1. The van der Waals surface area contributed by atoms with E-state index in [0.717, 1.165) is 0 Å². The van der Waals surface area contributed by atoms with E-state index in [1.165, 1.54) is 7.11 Å². The first kappa shape index (κ1) is 20.5. The lowest BCUT2D eigenvalue weighted by atomic mass is 10.3. The number of ether oxygens (including phenoxy) is 1. The van der Waals surface area contributed by atoms with Crippen molar-refractivity contribution in [3.8, 4) is 34.7 Å². The Morgan fingerprint density at radius 1 is 1.03 bits per heavy atom. The number of aryl methyl sites for hydroxylation is 1. The van der Waals surface area contributed by atoms with Gasteiger partial charge in [0.15, 0.2) is 11.6 Å². The van der Waals surface area contributed by atoms with E-state index in [9.17, 15) is 0 Å². The maximum Gasteiger partial charge on any atom is 0.296 e. The molecule has 0 saturated heterocycles. The summed E-state index contributed by atoms with van der Waals surface area (Å²) in [5.41, 5.74) is 1.33. The van der Waals surface area contributed by atoms with Crippen LogP contribution < -0.4 is 4.74 Å². The lowest BCUT2D eigenvalue weighted by molar-refractivity contribution is 0.398. The van der Waals surface area contributed by atoms with Gasteiger partial charge in [-0.25, -0.2) is 4.98 Å². The first-order valence-corrected chi connectivity index (χ1v) is 10.0. The SMILES string of the molecule is COc1cc(-c2nnc(/C=C/c3nnc(-c4nc(C)no4)n3-c3ccccc3Cl)o2)ccn1. The van der Waals surface area contributed by atoms with E-state index in [2.05, 4.69) is 35.5 Å². The molecule has 0 amide bonds. The predicted molar refractivity (Wildman–Crippen MR) is 117 cm³/mol. The molecule has 5 rings (SSSR count). The summed E-state index contributed by atoms with van der Waals surface area (Å²) < 4.78 is 17.9. The van der Waals surface area contributed by atoms with E-state index in [0.29, 0.717) is 45.5 Å². The molecule has 0 aliphatic heterocycles. The second-order valence-corrected chi connectivity index (χ2v) is 7.09. The number of benzene rings is 1. The van der Waals surface area contributed by atoms with Crippen LogP contribution in [0.15, 0.2) is 51.5 Å². The van der Waals surface area contributed by atoms with Crippen molar-refractivity contribution < 1.29 is 13.7 Å². The minimum Gasteiger partial charge on any atom is -0.481 e. The molecule has 164 valence electrons. The monoisotopic (exact) mass is 462 g/mol. The predicted octanol–water partition coefficient (Wildman–Crippen LogP) is 3.90. The van der Waals surface area contributed by atoms with Crippen molar-refractivity contribution in [2.75, 3.05) is 7.11 Å². The van der Waals surface area contributed by atoms with E-state index in [1.54, 1.807) is 48.0 Å². The smallest absolute Gasteiger partial charge is 0.296 e. The maximum absolute atomic E-state index is 6.44. The molecule has 0 fully saturated rings. The molecule has 12 heteroatoms.